The molecule has 0 aliphatic heterocycles. The van der Waals surface area contributed by atoms with Gasteiger partial charge in [0.25, 0.3) is 5.91 Å². The summed E-state index contributed by atoms with van der Waals surface area (Å²) in [6, 6.07) is 10.2. The molecule has 0 saturated heterocycles. The zero-order chi connectivity index (χ0) is 13.9. The number of hydrogen-bond donors (Lipinski definition) is 0. The van der Waals surface area contributed by atoms with Crippen molar-refractivity contribution in [2.45, 2.75) is 25.8 Å². The molecule has 1 saturated carbocycles. The number of aromatic nitrogens is 2. The van der Waals surface area contributed by atoms with E-state index in [2.05, 4.69) is 28.6 Å². The summed E-state index contributed by atoms with van der Waals surface area (Å²) in [5, 5.41) is 5.64. The summed E-state index contributed by atoms with van der Waals surface area (Å²) in [4.78, 5) is 14.5. The minimum absolute atomic E-state index is 0.0120. The fourth-order valence-electron chi connectivity index (χ4n) is 2.31. The number of hydrogen-bond acceptors (Lipinski definition) is 4. The standard InChI is InChI=1S/C15H17N3OS/c1-11(13-5-3-2-4-6-13)18(9-12-7-8-12)15(19)14-10-20-17-16-14/h2-6,10-12H,7-9H2,1H3. The van der Waals surface area contributed by atoms with Crippen LogP contribution in [0.3, 0.4) is 0 Å². The summed E-state index contributed by atoms with van der Waals surface area (Å²) in [6.07, 6.45) is 2.45. The Morgan fingerprint density at radius 2 is 2.15 bits per heavy atom. The minimum atomic E-state index is -0.0120. The molecule has 104 valence electrons. The van der Waals surface area contributed by atoms with E-state index in [1.165, 1.54) is 24.4 Å². The Morgan fingerprint density at radius 1 is 1.40 bits per heavy atom. The molecule has 1 aliphatic carbocycles. The molecular formula is C15H17N3OS. The monoisotopic (exact) mass is 287 g/mol. The zero-order valence-electron chi connectivity index (χ0n) is 11.4. The first-order valence-electron chi connectivity index (χ1n) is 6.88. The molecule has 1 fully saturated rings. The molecule has 1 aliphatic rings. The summed E-state index contributed by atoms with van der Waals surface area (Å²) < 4.78 is 3.80. The van der Waals surface area contributed by atoms with Gasteiger partial charge in [0, 0.05) is 11.9 Å². The maximum Gasteiger partial charge on any atom is 0.275 e. The van der Waals surface area contributed by atoms with E-state index < -0.39 is 0 Å². The largest absolute Gasteiger partial charge is 0.330 e. The van der Waals surface area contributed by atoms with Gasteiger partial charge in [-0.15, -0.1) is 5.10 Å². The lowest BCUT2D eigenvalue weighted by atomic mass is 10.1. The molecule has 1 aromatic heterocycles. The van der Waals surface area contributed by atoms with E-state index in [-0.39, 0.29) is 11.9 Å². The highest BCUT2D eigenvalue weighted by Gasteiger charge is 2.31. The molecular weight excluding hydrogens is 270 g/mol. The van der Waals surface area contributed by atoms with Crippen LogP contribution in [-0.4, -0.2) is 26.9 Å². The van der Waals surface area contributed by atoms with Crippen LogP contribution in [0.25, 0.3) is 0 Å². The third-order valence-electron chi connectivity index (χ3n) is 3.74. The Kier molecular flexibility index (Phi) is 3.78. The van der Waals surface area contributed by atoms with Gasteiger partial charge >= 0.3 is 0 Å². The van der Waals surface area contributed by atoms with Gasteiger partial charge in [-0.2, -0.15) is 0 Å². The van der Waals surface area contributed by atoms with E-state index in [4.69, 9.17) is 0 Å². The third kappa shape index (κ3) is 2.88. The number of carbonyl (C=O) groups excluding carboxylic acids is 1. The summed E-state index contributed by atoms with van der Waals surface area (Å²) in [5.41, 5.74) is 1.61. The van der Waals surface area contributed by atoms with E-state index in [9.17, 15) is 4.79 Å². The third-order valence-corrected chi connectivity index (χ3v) is 4.25. The van der Waals surface area contributed by atoms with Crippen molar-refractivity contribution in [3.63, 3.8) is 0 Å². The SMILES string of the molecule is CC(c1ccccc1)N(CC1CC1)C(=O)c1csnn1. The van der Waals surface area contributed by atoms with Gasteiger partial charge in [-0.3, -0.25) is 4.79 Å². The predicted octanol–water partition coefficient (Wildman–Crippen LogP) is 3.15. The lowest BCUT2D eigenvalue weighted by Crippen LogP contribution is -2.35. The molecule has 5 heteroatoms. The summed E-state index contributed by atoms with van der Waals surface area (Å²) in [7, 11) is 0. The molecule has 2 aromatic rings. The summed E-state index contributed by atoms with van der Waals surface area (Å²) in [6.45, 7) is 2.89. The number of carbonyl (C=O) groups is 1. The second-order valence-electron chi connectivity index (χ2n) is 5.28. The average molecular weight is 287 g/mol. The van der Waals surface area contributed by atoms with E-state index in [0.29, 0.717) is 11.6 Å². The van der Waals surface area contributed by atoms with E-state index in [1.807, 2.05) is 23.1 Å². The van der Waals surface area contributed by atoms with Gasteiger partial charge in [0.2, 0.25) is 0 Å². The predicted molar refractivity (Wildman–Crippen MR) is 78.5 cm³/mol. The van der Waals surface area contributed by atoms with Gasteiger partial charge in [0.15, 0.2) is 5.69 Å². The number of rotatable bonds is 5. The normalized spacial score (nSPS) is 15.8. The molecule has 0 bridgehead atoms. The van der Waals surface area contributed by atoms with Crippen molar-refractivity contribution >= 4 is 17.4 Å². The van der Waals surface area contributed by atoms with E-state index in [1.54, 1.807) is 5.38 Å². The Labute approximate surface area is 122 Å². The summed E-state index contributed by atoms with van der Waals surface area (Å²) >= 11 is 1.22. The maximum absolute atomic E-state index is 12.6. The lowest BCUT2D eigenvalue weighted by Gasteiger charge is -2.29. The second-order valence-corrected chi connectivity index (χ2v) is 5.89. The molecule has 1 atom stereocenters. The van der Waals surface area contributed by atoms with Crippen LogP contribution in [0.5, 0.6) is 0 Å². The van der Waals surface area contributed by atoms with Crippen LogP contribution in [-0.2, 0) is 0 Å². The maximum atomic E-state index is 12.6. The fourth-order valence-corrected chi connectivity index (χ4v) is 2.74. The molecule has 4 nitrogen and oxygen atoms in total. The van der Waals surface area contributed by atoms with Crippen molar-refractivity contribution in [3.05, 3.63) is 47.0 Å². The van der Waals surface area contributed by atoms with Gasteiger partial charge in [-0.25, -0.2) is 0 Å². The van der Waals surface area contributed by atoms with Crippen molar-refractivity contribution in [3.8, 4) is 0 Å². The van der Waals surface area contributed by atoms with E-state index in [0.717, 1.165) is 12.1 Å². The molecule has 1 aromatic carbocycles. The Balaban J connectivity index is 1.83. The van der Waals surface area contributed by atoms with Crippen molar-refractivity contribution in [1.29, 1.82) is 0 Å². The van der Waals surface area contributed by atoms with Gasteiger partial charge in [-0.05, 0) is 42.8 Å². The lowest BCUT2D eigenvalue weighted by molar-refractivity contribution is 0.0674. The summed E-state index contributed by atoms with van der Waals surface area (Å²) in [5.74, 6) is 0.638. The first-order chi connectivity index (χ1) is 9.75. The number of nitrogens with zero attached hydrogens (tertiary/aromatic N) is 3. The van der Waals surface area contributed by atoms with Crippen LogP contribution in [0, 0.1) is 5.92 Å². The average Bonchev–Trinajstić information content (AvgIpc) is 3.14. The van der Waals surface area contributed by atoms with Crippen LogP contribution < -0.4 is 0 Å². The van der Waals surface area contributed by atoms with Gasteiger partial charge < -0.3 is 4.90 Å². The molecule has 0 radical (unpaired) electrons. The number of benzene rings is 1. The topological polar surface area (TPSA) is 46.1 Å². The molecule has 1 heterocycles. The molecule has 20 heavy (non-hydrogen) atoms. The zero-order valence-corrected chi connectivity index (χ0v) is 12.2. The highest BCUT2D eigenvalue weighted by Crippen LogP contribution is 2.33. The second kappa shape index (κ2) is 5.71. The van der Waals surface area contributed by atoms with Crippen LogP contribution in [0.4, 0.5) is 0 Å². The molecule has 1 amide bonds. The van der Waals surface area contributed by atoms with Crippen molar-refractivity contribution < 1.29 is 4.79 Å². The van der Waals surface area contributed by atoms with Crippen molar-refractivity contribution in [2.75, 3.05) is 6.54 Å². The molecule has 1 unspecified atom stereocenters. The number of amides is 1. The van der Waals surface area contributed by atoms with Gasteiger partial charge in [-0.1, -0.05) is 34.8 Å². The Morgan fingerprint density at radius 3 is 2.75 bits per heavy atom. The first-order valence-corrected chi connectivity index (χ1v) is 7.72. The molecule has 3 rings (SSSR count). The molecule has 0 spiro atoms. The highest BCUT2D eigenvalue weighted by atomic mass is 32.1. The smallest absolute Gasteiger partial charge is 0.275 e. The Bertz CT molecular complexity index is 566. The Hall–Kier alpha value is -1.75. The van der Waals surface area contributed by atoms with Gasteiger partial charge in [0.05, 0.1) is 6.04 Å². The van der Waals surface area contributed by atoms with Crippen LogP contribution >= 0.6 is 11.5 Å². The first kappa shape index (κ1) is 13.2. The quantitative estimate of drug-likeness (QED) is 0.848. The van der Waals surface area contributed by atoms with Crippen LogP contribution in [0.2, 0.25) is 0 Å². The van der Waals surface area contributed by atoms with Crippen molar-refractivity contribution in [1.82, 2.24) is 14.5 Å². The van der Waals surface area contributed by atoms with Crippen LogP contribution in [0.1, 0.15) is 41.9 Å². The minimum Gasteiger partial charge on any atom is -0.330 e. The highest BCUT2D eigenvalue weighted by molar-refractivity contribution is 7.03. The molecule has 0 N–H and O–H groups in total. The van der Waals surface area contributed by atoms with E-state index >= 15 is 0 Å². The van der Waals surface area contributed by atoms with Crippen LogP contribution in [0.15, 0.2) is 35.7 Å². The van der Waals surface area contributed by atoms with Crippen molar-refractivity contribution in [2.24, 2.45) is 5.92 Å². The van der Waals surface area contributed by atoms with Gasteiger partial charge in [0.1, 0.15) is 0 Å². The fraction of sp³-hybridized carbons (Fsp3) is 0.400.